The highest BCUT2D eigenvalue weighted by molar-refractivity contribution is 6.30. The number of aromatic nitrogens is 2. The summed E-state index contributed by atoms with van der Waals surface area (Å²) in [6, 6.07) is 12.5. The Morgan fingerprint density at radius 1 is 1.06 bits per heavy atom. The van der Waals surface area contributed by atoms with Crippen LogP contribution in [0.3, 0.4) is 0 Å². The fourth-order valence-corrected chi connectivity index (χ4v) is 2.72. The van der Waals surface area contributed by atoms with Crippen LogP contribution in [0.15, 0.2) is 53.0 Å². The second-order valence-corrected chi connectivity index (χ2v) is 6.87. The number of nitrogens with zero attached hydrogens (tertiary/aromatic N) is 2. The molecule has 0 fully saturated rings. The molecule has 1 heterocycles. The molecule has 2 aromatic carbocycles. The molecular weight excluding hydrogens is 420 g/mol. The van der Waals surface area contributed by atoms with E-state index in [1.807, 2.05) is 32.0 Å². The van der Waals surface area contributed by atoms with Gasteiger partial charge in [-0.1, -0.05) is 24.6 Å². The van der Waals surface area contributed by atoms with E-state index in [1.165, 1.54) is 6.08 Å². The fourth-order valence-electron chi connectivity index (χ4n) is 2.59. The third kappa shape index (κ3) is 6.58. The molecule has 0 bridgehead atoms. The van der Waals surface area contributed by atoms with Crippen LogP contribution >= 0.6 is 11.6 Å². The molecular formula is C23H23ClN2O5. The largest absolute Gasteiger partial charge is 0.490 e. The van der Waals surface area contributed by atoms with Crippen molar-refractivity contribution in [3.63, 3.8) is 0 Å². The first kappa shape index (κ1) is 22.4. The van der Waals surface area contributed by atoms with Crippen LogP contribution in [0, 0.1) is 0 Å². The lowest BCUT2D eigenvalue weighted by atomic mass is 10.2. The molecule has 0 saturated heterocycles. The van der Waals surface area contributed by atoms with E-state index in [2.05, 4.69) is 10.2 Å². The van der Waals surface area contributed by atoms with E-state index in [0.29, 0.717) is 35.6 Å². The topological polar surface area (TPSA) is 83.7 Å². The second kappa shape index (κ2) is 11.2. The number of esters is 1. The van der Waals surface area contributed by atoms with Crippen LogP contribution in [0.5, 0.6) is 11.5 Å². The Morgan fingerprint density at radius 3 is 2.61 bits per heavy atom. The molecule has 0 N–H and O–H groups in total. The van der Waals surface area contributed by atoms with Gasteiger partial charge in [0.1, 0.15) is 0 Å². The third-order valence-electron chi connectivity index (χ3n) is 4.04. The molecule has 0 radical (unpaired) electrons. The molecule has 0 aliphatic rings. The minimum Gasteiger partial charge on any atom is -0.490 e. The van der Waals surface area contributed by atoms with E-state index in [9.17, 15) is 4.79 Å². The molecule has 3 rings (SSSR count). The van der Waals surface area contributed by atoms with E-state index in [0.717, 1.165) is 17.5 Å². The average Bonchev–Trinajstić information content (AvgIpc) is 3.25. The van der Waals surface area contributed by atoms with Crippen LogP contribution in [0.2, 0.25) is 5.02 Å². The molecule has 0 aliphatic heterocycles. The van der Waals surface area contributed by atoms with Crippen LogP contribution in [-0.4, -0.2) is 29.4 Å². The van der Waals surface area contributed by atoms with Crippen molar-refractivity contribution in [1.82, 2.24) is 10.2 Å². The van der Waals surface area contributed by atoms with Crippen LogP contribution in [0.25, 0.3) is 17.5 Å². The summed E-state index contributed by atoms with van der Waals surface area (Å²) in [4.78, 5) is 12.1. The number of rotatable bonds is 10. The second-order valence-electron chi connectivity index (χ2n) is 6.44. The molecule has 0 amide bonds. The molecule has 0 unspecified atom stereocenters. The molecule has 8 heteroatoms. The molecule has 3 aromatic rings. The van der Waals surface area contributed by atoms with Crippen molar-refractivity contribution in [3.05, 3.63) is 65.0 Å². The van der Waals surface area contributed by atoms with Gasteiger partial charge in [-0.2, -0.15) is 0 Å². The summed E-state index contributed by atoms with van der Waals surface area (Å²) in [6.45, 7) is 4.93. The first-order chi connectivity index (χ1) is 15.1. The van der Waals surface area contributed by atoms with Gasteiger partial charge in [-0.25, -0.2) is 4.79 Å². The number of halogens is 1. The maximum absolute atomic E-state index is 12.1. The van der Waals surface area contributed by atoms with Gasteiger partial charge in [-0.3, -0.25) is 0 Å². The minimum absolute atomic E-state index is 0.127. The summed E-state index contributed by atoms with van der Waals surface area (Å²) >= 11 is 5.87. The number of hydrogen-bond acceptors (Lipinski definition) is 7. The van der Waals surface area contributed by atoms with Crippen molar-refractivity contribution < 1.29 is 23.4 Å². The van der Waals surface area contributed by atoms with Gasteiger partial charge in [-0.05, 0) is 61.4 Å². The lowest BCUT2D eigenvalue weighted by molar-refractivity contribution is -0.139. The van der Waals surface area contributed by atoms with Crippen LogP contribution in [0.4, 0.5) is 0 Å². The summed E-state index contributed by atoms with van der Waals surface area (Å²) < 4.78 is 22.0. The Labute approximate surface area is 185 Å². The highest BCUT2D eigenvalue weighted by atomic mass is 35.5. The SMILES string of the molecule is CCCOc1ccc(/C=C/C(=O)OCc2nnc(-c3ccc(Cl)cc3)o2)cc1OCC. The summed E-state index contributed by atoms with van der Waals surface area (Å²) in [5.74, 6) is 1.30. The number of benzene rings is 2. The predicted molar refractivity (Wildman–Crippen MR) is 117 cm³/mol. The van der Waals surface area contributed by atoms with E-state index >= 15 is 0 Å². The molecule has 0 atom stereocenters. The molecule has 0 saturated carbocycles. The normalized spacial score (nSPS) is 10.9. The van der Waals surface area contributed by atoms with Crippen LogP contribution in [-0.2, 0) is 16.1 Å². The number of hydrogen-bond donors (Lipinski definition) is 0. The Bertz CT molecular complexity index is 1030. The van der Waals surface area contributed by atoms with Gasteiger partial charge < -0.3 is 18.6 Å². The average molecular weight is 443 g/mol. The highest BCUT2D eigenvalue weighted by Gasteiger charge is 2.10. The van der Waals surface area contributed by atoms with Crippen LogP contribution < -0.4 is 9.47 Å². The zero-order valence-electron chi connectivity index (χ0n) is 17.3. The van der Waals surface area contributed by atoms with Crippen molar-refractivity contribution >= 4 is 23.6 Å². The van der Waals surface area contributed by atoms with Gasteiger partial charge in [0.05, 0.1) is 13.2 Å². The van der Waals surface area contributed by atoms with Crippen molar-refractivity contribution in [2.45, 2.75) is 26.9 Å². The maximum atomic E-state index is 12.1. The maximum Gasteiger partial charge on any atom is 0.331 e. The van der Waals surface area contributed by atoms with Gasteiger partial charge in [0.15, 0.2) is 18.1 Å². The van der Waals surface area contributed by atoms with Gasteiger partial charge in [0.25, 0.3) is 5.89 Å². The zero-order valence-corrected chi connectivity index (χ0v) is 18.1. The molecule has 1 aromatic heterocycles. The van der Waals surface area contributed by atoms with E-state index < -0.39 is 5.97 Å². The van der Waals surface area contributed by atoms with Gasteiger partial charge in [0.2, 0.25) is 5.89 Å². The van der Waals surface area contributed by atoms with E-state index in [1.54, 1.807) is 30.3 Å². The smallest absolute Gasteiger partial charge is 0.331 e. The van der Waals surface area contributed by atoms with E-state index in [-0.39, 0.29) is 12.5 Å². The fraction of sp³-hybridized carbons (Fsp3) is 0.261. The zero-order chi connectivity index (χ0) is 22.1. The molecule has 162 valence electrons. The summed E-state index contributed by atoms with van der Waals surface area (Å²) in [7, 11) is 0. The number of carbonyl (C=O) groups is 1. The van der Waals surface area contributed by atoms with Crippen molar-refractivity contribution in [2.24, 2.45) is 0 Å². The third-order valence-corrected chi connectivity index (χ3v) is 4.29. The van der Waals surface area contributed by atoms with Crippen molar-refractivity contribution in [1.29, 1.82) is 0 Å². The van der Waals surface area contributed by atoms with Gasteiger partial charge in [0, 0.05) is 16.7 Å². The molecule has 7 nitrogen and oxygen atoms in total. The predicted octanol–water partition coefficient (Wildman–Crippen LogP) is 5.33. The number of carbonyl (C=O) groups excluding carboxylic acids is 1. The van der Waals surface area contributed by atoms with Gasteiger partial charge >= 0.3 is 5.97 Å². The standard InChI is InChI=1S/C23H23ClN2O5/c1-3-13-29-19-11-5-16(14-20(19)28-4-2)6-12-22(27)30-15-21-25-26-23(31-21)17-7-9-18(24)10-8-17/h5-12,14H,3-4,13,15H2,1-2H3/b12-6+. The lowest BCUT2D eigenvalue weighted by Crippen LogP contribution is -2.01. The summed E-state index contributed by atoms with van der Waals surface area (Å²) in [5.41, 5.74) is 1.51. The minimum atomic E-state index is -0.532. The van der Waals surface area contributed by atoms with Crippen LogP contribution in [0.1, 0.15) is 31.7 Å². The quantitative estimate of drug-likeness (QED) is 0.309. The van der Waals surface area contributed by atoms with E-state index in [4.69, 9.17) is 30.2 Å². The van der Waals surface area contributed by atoms with Gasteiger partial charge in [-0.15, -0.1) is 10.2 Å². The first-order valence-corrected chi connectivity index (χ1v) is 10.3. The summed E-state index contributed by atoms with van der Waals surface area (Å²) in [6.07, 6.45) is 3.87. The Balaban J connectivity index is 1.57. The molecule has 0 aliphatic carbocycles. The van der Waals surface area contributed by atoms with Crippen molar-refractivity contribution in [3.8, 4) is 23.0 Å². The summed E-state index contributed by atoms with van der Waals surface area (Å²) in [5, 5.41) is 8.45. The Hall–Kier alpha value is -3.32. The lowest BCUT2D eigenvalue weighted by Gasteiger charge is -2.11. The molecule has 0 spiro atoms. The highest BCUT2D eigenvalue weighted by Crippen LogP contribution is 2.29. The number of ether oxygens (including phenoxy) is 3. The Morgan fingerprint density at radius 2 is 1.87 bits per heavy atom. The van der Waals surface area contributed by atoms with Crippen molar-refractivity contribution in [2.75, 3.05) is 13.2 Å². The first-order valence-electron chi connectivity index (χ1n) is 9.91. The monoisotopic (exact) mass is 442 g/mol. The molecule has 31 heavy (non-hydrogen) atoms. The Kier molecular flexibility index (Phi) is 8.06.